The number of hydrogen-bond donors (Lipinski definition) is 2. The fourth-order valence-corrected chi connectivity index (χ4v) is 6.77. The predicted molar refractivity (Wildman–Crippen MR) is 149 cm³/mol. The van der Waals surface area contributed by atoms with Crippen LogP contribution in [-0.4, -0.2) is 65.7 Å². The number of carbonyl (C=O) groups excluding carboxylic acids is 3. The largest absolute Gasteiger partial charge is 0.379 e. The summed E-state index contributed by atoms with van der Waals surface area (Å²) in [6, 6.07) is 7.10. The van der Waals surface area contributed by atoms with Crippen LogP contribution in [-0.2, 0) is 23.9 Å². The topological polar surface area (TPSA) is 97.0 Å². The number of likely N-dealkylation sites (tertiary alicyclic amines) is 1. The van der Waals surface area contributed by atoms with Crippen LogP contribution < -0.4 is 10.6 Å². The van der Waals surface area contributed by atoms with Crippen LogP contribution in [0.3, 0.4) is 0 Å². The number of rotatable bonds is 10. The highest BCUT2D eigenvalue weighted by Crippen LogP contribution is 2.55. The van der Waals surface area contributed by atoms with E-state index in [0.717, 1.165) is 25.7 Å². The van der Waals surface area contributed by atoms with E-state index in [0.29, 0.717) is 31.2 Å². The highest BCUT2D eigenvalue weighted by molar-refractivity contribution is 6.02. The van der Waals surface area contributed by atoms with Gasteiger partial charge >= 0.3 is 0 Å². The first-order valence-corrected chi connectivity index (χ1v) is 14.7. The number of anilines is 1. The van der Waals surface area contributed by atoms with Gasteiger partial charge in [-0.2, -0.15) is 0 Å². The molecule has 8 heteroatoms. The van der Waals surface area contributed by atoms with Crippen LogP contribution in [0.15, 0.2) is 36.4 Å². The maximum absolute atomic E-state index is 14.0. The van der Waals surface area contributed by atoms with Crippen molar-refractivity contribution in [1.29, 1.82) is 0 Å². The van der Waals surface area contributed by atoms with Gasteiger partial charge in [-0.3, -0.25) is 14.4 Å². The fourth-order valence-electron chi connectivity index (χ4n) is 6.77. The minimum atomic E-state index is -1.14. The van der Waals surface area contributed by atoms with Gasteiger partial charge in [-0.15, -0.1) is 0 Å². The summed E-state index contributed by atoms with van der Waals surface area (Å²) in [6.07, 6.45) is 9.17. The predicted octanol–water partition coefficient (Wildman–Crippen LogP) is 4.16. The lowest BCUT2D eigenvalue weighted by Crippen LogP contribution is -2.56. The fraction of sp³-hybridized carbons (Fsp3) is 0.645. The summed E-state index contributed by atoms with van der Waals surface area (Å²) in [4.78, 5) is 43.1. The van der Waals surface area contributed by atoms with E-state index >= 15 is 0 Å². The first-order valence-electron chi connectivity index (χ1n) is 14.7. The zero-order valence-electron chi connectivity index (χ0n) is 23.7. The lowest BCUT2D eigenvalue weighted by molar-refractivity contribution is -0.141. The molecule has 3 amide bonds. The average Bonchev–Trinajstić information content (AvgIpc) is 3.54. The third-order valence-electron chi connectivity index (χ3n) is 8.72. The van der Waals surface area contributed by atoms with Crippen molar-refractivity contribution in [2.45, 2.75) is 102 Å². The molecule has 3 heterocycles. The summed E-state index contributed by atoms with van der Waals surface area (Å²) in [7, 11) is 0. The Labute approximate surface area is 231 Å². The molecule has 39 heavy (non-hydrogen) atoms. The average molecular weight is 538 g/mol. The van der Waals surface area contributed by atoms with Crippen molar-refractivity contribution in [2.75, 3.05) is 18.5 Å². The van der Waals surface area contributed by atoms with Crippen molar-refractivity contribution in [2.24, 2.45) is 11.8 Å². The molecule has 0 aromatic heterocycles. The van der Waals surface area contributed by atoms with Crippen molar-refractivity contribution in [1.82, 2.24) is 10.2 Å². The van der Waals surface area contributed by atoms with E-state index in [-0.39, 0.29) is 29.9 Å². The SMILES string of the molecule is CC(C)OCCCN1C(=O)[C@@H]2[C@@H](C(=O)Nc3ccc(C(C)C)cc3)[C@@H]3C=C[C@@]2(O3)[C@@H]1C(=O)NC1CCCCC1. The molecular weight excluding hydrogens is 494 g/mol. The van der Waals surface area contributed by atoms with Gasteiger partial charge in [0.2, 0.25) is 17.7 Å². The van der Waals surface area contributed by atoms with Gasteiger partial charge in [0.25, 0.3) is 0 Å². The number of carbonyl (C=O) groups is 3. The van der Waals surface area contributed by atoms with Crippen molar-refractivity contribution in [3.63, 3.8) is 0 Å². The Morgan fingerprint density at radius 3 is 2.46 bits per heavy atom. The summed E-state index contributed by atoms with van der Waals surface area (Å²) in [5.41, 5.74) is 0.737. The molecule has 2 N–H and O–H groups in total. The molecule has 212 valence electrons. The number of fused-ring (bicyclic) bond motifs is 1. The first-order chi connectivity index (χ1) is 18.7. The molecule has 1 aromatic carbocycles. The van der Waals surface area contributed by atoms with E-state index in [9.17, 15) is 14.4 Å². The lowest BCUT2D eigenvalue weighted by atomic mass is 9.74. The molecule has 4 aliphatic rings. The molecule has 1 aromatic rings. The van der Waals surface area contributed by atoms with Gasteiger partial charge in [0.05, 0.1) is 24.0 Å². The van der Waals surface area contributed by atoms with E-state index in [1.807, 2.05) is 50.3 Å². The number of benzene rings is 1. The zero-order valence-corrected chi connectivity index (χ0v) is 23.7. The van der Waals surface area contributed by atoms with Crippen LogP contribution in [0, 0.1) is 11.8 Å². The summed E-state index contributed by atoms with van der Waals surface area (Å²) < 4.78 is 12.2. The standard InChI is InChI=1S/C31H43N3O5/c1-19(2)21-11-13-23(14-12-21)32-28(35)25-24-15-16-31(39-24)26(25)30(37)34(17-8-18-38-20(3)4)27(31)29(36)33-22-9-6-5-7-10-22/h11-16,19-20,22,24-27H,5-10,17-18H2,1-4H3,(H,32,35)(H,33,36)/t24-,25-,26-,27-,31-/m0/s1. The monoisotopic (exact) mass is 537 g/mol. The summed E-state index contributed by atoms with van der Waals surface area (Å²) in [5.74, 6) is -1.67. The van der Waals surface area contributed by atoms with Gasteiger partial charge in [-0.05, 0) is 56.7 Å². The van der Waals surface area contributed by atoms with Crippen LogP contribution in [0.4, 0.5) is 5.69 Å². The first kappa shape index (κ1) is 27.8. The highest BCUT2D eigenvalue weighted by Gasteiger charge is 2.72. The van der Waals surface area contributed by atoms with Crippen LogP contribution in [0.25, 0.3) is 0 Å². The molecule has 2 bridgehead atoms. The van der Waals surface area contributed by atoms with E-state index in [4.69, 9.17) is 9.47 Å². The van der Waals surface area contributed by atoms with E-state index < -0.39 is 29.6 Å². The van der Waals surface area contributed by atoms with Crippen molar-refractivity contribution in [3.8, 4) is 0 Å². The van der Waals surface area contributed by atoms with Crippen LogP contribution in [0.1, 0.15) is 77.7 Å². The van der Waals surface area contributed by atoms with Gasteiger partial charge in [-0.25, -0.2) is 0 Å². The minimum Gasteiger partial charge on any atom is -0.379 e. The highest BCUT2D eigenvalue weighted by atomic mass is 16.5. The molecule has 0 radical (unpaired) electrons. The summed E-state index contributed by atoms with van der Waals surface area (Å²) in [5, 5.41) is 6.24. The smallest absolute Gasteiger partial charge is 0.246 e. The molecule has 1 saturated carbocycles. The third kappa shape index (κ3) is 5.38. The Balaban J connectivity index is 1.37. The van der Waals surface area contributed by atoms with Crippen molar-refractivity contribution >= 4 is 23.4 Å². The molecular formula is C31H43N3O5. The van der Waals surface area contributed by atoms with Gasteiger partial charge in [0.1, 0.15) is 11.6 Å². The second kappa shape index (κ2) is 11.4. The normalized spacial score (nSPS) is 29.9. The van der Waals surface area contributed by atoms with Crippen LogP contribution in [0.2, 0.25) is 0 Å². The molecule has 0 unspecified atom stereocenters. The molecule has 3 aliphatic heterocycles. The maximum Gasteiger partial charge on any atom is 0.246 e. The lowest BCUT2D eigenvalue weighted by Gasteiger charge is -2.34. The van der Waals surface area contributed by atoms with Gasteiger partial charge < -0.3 is 25.0 Å². The van der Waals surface area contributed by atoms with Crippen molar-refractivity contribution in [3.05, 3.63) is 42.0 Å². The van der Waals surface area contributed by atoms with Gasteiger partial charge in [0.15, 0.2) is 0 Å². The number of amides is 3. The Bertz CT molecular complexity index is 1090. The van der Waals surface area contributed by atoms with Gasteiger partial charge in [-0.1, -0.05) is 57.4 Å². The number of hydrogen-bond acceptors (Lipinski definition) is 5. The zero-order chi connectivity index (χ0) is 27.7. The Kier molecular flexibility index (Phi) is 8.15. The Morgan fingerprint density at radius 1 is 1.08 bits per heavy atom. The Hall–Kier alpha value is -2.71. The molecule has 3 fully saturated rings. The van der Waals surface area contributed by atoms with E-state index in [1.165, 1.54) is 12.0 Å². The van der Waals surface area contributed by atoms with Crippen LogP contribution >= 0.6 is 0 Å². The maximum atomic E-state index is 14.0. The quantitative estimate of drug-likeness (QED) is 0.345. The van der Waals surface area contributed by atoms with E-state index in [1.54, 1.807) is 4.90 Å². The third-order valence-corrected chi connectivity index (χ3v) is 8.72. The molecule has 8 nitrogen and oxygen atoms in total. The molecule has 5 rings (SSSR count). The number of ether oxygens (including phenoxy) is 2. The molecule has 1 aliphatic carbocycles. The molecule has 2 saturated heterocycles. The minimum absolute atomic E-state index is 0.0900. The second-order valence-electron chi connectivity index (χ2n) is 12.1. The molecule has 1 spiro atoms. The second-order valence-corrected chi connectivity index (χ2v) is 12.1. The Morgan fingerprint density at radius 2 is 1.79 bits per heavy atom. The molecule has 5 atom stereocenters. The van der Waals surface area contributed by atoms with Gasteiger partial charge in [0, 0.05) is 24.9 Å². The van der Waals surface area contributed by atoms with Crippen LogP contribution in [0.5, 0.6) is 0 Å². The summed E-state index contributed by atoms with van der Waals surface area (Å²) >= 11 is 0. The van der Waals surface area contributed by atoms with Crippen molar-refractivity contribution < 1.29 is 23.9 Å². The number of nitrogens with zero attached hydrogens (tertiary/aromatic N) is 1. The summed E-state index contributed by atoms with van der Waals surface area (Å²) in [6.45, 7) is 9.06. The number of nitrogens with one attached hydrogen (secondary N) is 2. The van der Waals surface area contributed by atoms with E-state index in [2.05, 4.69) is 24.5 Å².